The van der Waals surface area contributed by atoms with Gasteiger partial charge in [-0.1, -0.05) is 13.8 Å². The van der Waals surface area contributed by atoms with Gasteiger partial charge in [0.25, 0.3) is 0 Å². The molecule has 0 saturated heterocycles. The van der Waals surface area contributed by atoms with E-state index in [0.717, 1.165) is 39.1 Å². The van der Waals surface area contributed by atoms with Gasteiger partial charge in [0.1, 0.15) is 4.33 Å². The normalized spacial score (nSPS) is 24.2. The van der Waals surface area contributed by atoms with Crippen molar-refractivity contribution >= 4 is 23.2 Å². The van der Waals surface area contributed by atoms with Gasteiger partial charge in [-0.25, -0.2) is 0 Å². The quantitative estimate of drug-likeness (QED) is 0.540. The van der Waals surface area contributed by atoms with Gasteiger partial charge < -0.3 is 10.2 Å². The Balaban J connectivity index is 1.95. The highest BCUT2D eigenvalue weighted by Crippen LogP contribution is 2.52. The Morgan fingerprint density at radius 2 is 1.93 bits per heavy atom. The summed E-state index contributed by atoms with van der Waals surface area (Å²) in [5.74, 6) is 0.461. The van der Waals surface area contributed by atoms with Gasteiger partial charge in [0.05, 0.1) is 0 Å². The van der Waals surface area contributed by atoms with Crippen LogP contribution in [0.2, 0.25) is 0 Å². The Kier molecular flexibility index (Phi) is 4.98. The molecule has 0 aromatic rings. The molecule has 1 N–H and O–H groups in total. The molecule has 0 amide bonds. The van der Waals surface area contributed by atoms with Crippen molar-refractivity contribution in [2.45, 2.75) is 24.6 Å². The second-order valence-corrected chi connectivity index (χ2v) is 5.44. The lowest BCUT2D eigenvalue weighted by molar-refractivity contribution is 0.302. The van der Waals surface area contributed by atoms with Crippen LogP contribution in [0.4, 0.5) is 0 Å². The van der Waals surface area contributed by atoms with Gasteiger partial charge in [-0.15, -0.1) is 23.2 Å². The van der Waals surface area contributed by atoms with Crippen molar-refractivity contribution in [2.24, 2.45) is 5.92 Å². The minimum absolute atomic E-state index is 0.428. The molecule has 0 aromatic heterocycles. The van der Waals surface area contributed by atoms with E-state index in [1.54, 1.807) is 0 Å². The van der Waals surface area contributed by atoms with Crippen molar-refractivity contribution in [3.63, 3.8) is 0 Å². The molecule has 1 aliphatic rings. The van der Waals surface area contributed by atoms with Crippen LogP contribution in [0.5, 0.6) is 0 Å². The number of hydrogen-bond donors (Lipinski definition) is 1. The van der Waals surface area contributed by atoms with Gasteiger partial charge >= 0.3 is 0 Å². The highest BCUT2D eigenvalue weighted by atomic mass is 35.5. The third-order valence-electron chi connectivity index (χ3n) is 2.85. The molecule has 2 nitrogen and oxygen atoms in total. The van der Waals surface area contributed by atoms with E-state index in [2.05, 4.69) is 24.1 Å². The van der Waals surface area contributed by atoms with Gasteiger partial charge in [-0.3, -0.25) is 0 Å². The van der Waals surface area contributed by atoms with E-state index < -0.39 is 4.33 Å². The third-order valence-corrected chi connectivity index (χ3v) is 3.77. The third kappa shape index (κ3) is 3.93. The van der Waals surface area contributed by atoms with Crippen molar-refractivity contribution in [1.82, 2.24) is 10.2 Å². The van der Waals surface area contributed by atoms with Crippen LogP contribution in [0.25, 0.3) is 0 Å². The standard InChI is InChI=1S/C10H20Cl2N2/c1-3-14(4-2)6-5-13-8-9-7-10(9,11)12/h9,13H,3-8H2,1-2H3. The first-order valence-corrected chi connectivity index (χ1v) is 6.16. The number of nitrogens with zero attached hydrogens (tertiary/aromatic N) is 1. The topological polar surface area (TPSA) is 15.3 Å². The Morgan fingerprint density at radius 3 is 2.36 bits per heavy atom. The Labute approximate surface area is 96.9 Å². The number of rotatable bonds is 7. The van der Waals surface area contributed by atoms with Crippen molar-refractivity contribution in [3.8, 4) is 0 Å². The molecular formula is C10H20Cl2N2. The fourth-order valence-electron chi connectivity index (χ4n) is 1.54. The van der Waals surface area contributed by atoms with Crippen LogP contribution >= 0.6 is 23.2 Å². The molecular weight excluding hydrogens is 219 g/mol. The lowest BCUT2D eigenvalue weighted by atomic mass is 10.4. The van der Waals surface area contributed by atoms with Crippen molar-refractivity contribution in [2.75, 3.05) is 32.7 Å². The molecule has 14 heavy (non-hydrogen) atoms. The van der Waals surface area contributed by atoms with E-state index in [1.807, 2.05) is 0 Å². The lowest BCUT2D eigenvalue weighted by Crippen LogP contribution is -2.33. The Bertz CT molecular complexity index is 166. The summed E-state index contributed by atoms with van der Waals surface area (Å²) in [7, 11) is 0. The van der Waals surface area contributed by atoms with E-state index in [1.165, 1.54) is 0 Å². The first kappa shape index (κ1) is 12.6. The molecule has 0 bridgehead atoms. The van der Waals surface area contributed by atoms with Gasteiger partial charge in [-0.05, 0) is 19.5 Å². The zero-order valence-electron chi connectivity index (χ0n) is 9.02. The molecule has 1 aliphatic carbocycles. The molecule has 0 aliphatic heterocycles. The number of hydrogen-bond acceptors (Lipinski definition) is 2. The number of nitrogens with one attached hydrogen (secondary N) is 1. The summed E-state index contributed by atoms with van der Waals surface area (Å²) in [6.07, 6.45) is 0.939. The molecule has 0 spiro atoms. The maximum atomic E-state index is 5.92. The second kappa shape index (κ2) is 5.55. The summed E-state index contributed by atoms with van der Waals surface area (Å²) in [5.41, 5.74) is 0. The maximum absolute atomic E-state index is 5.92. The summed E-state index contributed by atoms with van der Waals surface area (Å²) in [4.78, 5) is 2.40. The van der Waals surface area contributed by atoms with Gasteiger partial charge in [-0.2, -0.15) is 0 Å². The summed E-state index contributed by atoms with van der Waals surface area (Å²) >= 11 is 11.8. The van der Waals surface area contributed by atoms with Crippen LogP contribution < -0.4 is 5.32 Å². The lowest BCUT2D eigenvalue weighted by Gasteiger charge is -2.17. The fraction of sp³-hybridized carbons (Fsp3) is 1.00. The zero-order chi connectivity index (χ0) is 10.6. The van der Waals surface area contributed by atoms with Crippen LogP contribution in [0, 0.1) is 5.92 Å². The Hall–Kier alpha value is 0.500. The van der Waals surface area contributed by atoms with Crippen molar-refractivity contribution in [3.05, 3.63) is 0 Å². The molecule has 1 saturated carbocycles. The van der Waals surface area contributed by atoms with Gasteiger partial charge in [0.2, 0.25) is 0 Å². The SMILES string of the molecule is CCN(CC)CCNCC1CC1(Cl)Cl. The summed E-state index contributed by atoms with van der Waals surface area (Å²) in [6, 6.07) is 0. The molecule has 0 heterocycles. The average Bonchev–Trinajstić information content (AvgIpc) is 2.75. The zero-order valence-corrected chi connectivity index (χ0v) is 10.5. The van der Waals surface area contributed by atoms with Gasteiger partial charge in [0.15, 0.2) is 0 Å². The number of halogens is 2. The first-order chi connectivity index (χ1) is 6.60. The largest absolute Gasteiger partial charge is 0.315 e. The number of likely N-dealkylation sites (N-methyl/N-ethyl adjacent to an activating group) is 1. The summed E-state index contributed by atoms with van der Waals surface area (Å²) in [6.45, 7) is 9.71. The number of alkyl halides is 2. The average molecular weight is 239 g/mol. The minimum atomic E-state index is -0.428. The smallest absolute Gasteiger partial charge is 0.122 e. The molecule has 1 fully saturated rings. The molecule has 1 rings (SSSR count). The Morgan fingerprint density at radius 1 is 1.36 bits per heavy atom. The van der Waals surface area contributed by atoms with E-state index in [0.29, 0.717) is 5.92 Å². The van der Waals surface area contributed by atoms with E-state index >= 15 is 0 Å². The highest BCUT2D eigenvalue weighted by Gasteiger charge is 2.50. The van der Waals surface area contributed by atoms with Crippen molar-refractivity contribution < 1.29 is 0 Å². The van der Waals surface area contributed by atoms with E-state index in [4.69, 9.17) is 23.2 Å². The first-order valence-electron chi connectivity index (χ1n) is 5.41. The molecule has 4 heteroatoms. The highest BCUT2D eigenvalue weighted by molar-refractivity contribution is 6.50. The molecule has 1 unspecified atom stereocenters. The summed E-state index contributed by atoms with van der Waals surface area (Å²) in [5, 5.41) is 3.39. The van der Waals surface area contributed by atoms with Gasteiger partial charge in [0, 0.05) is 25.6 Å². The van der Waals surface area contributed by atoms with Crippen LogP contribution in [0.1, 0.15) is 20.3 Å². The van der Waals surface area contributed by atoms with Crippen LogP contribution in [-0.4, -0.2) is 42.0 Å². The van der Waals surface area contributed by atoms with Crippen LogP contribution in [-0.2, 0) is 0 Å². The van der Waals surface area contributed by atoms with Crippen LogP contribution in [0.3, 0.4) is 0 Å². The molecule has 0 aromatic carbocycles. The molecule has 1 atom stereocenters. The minimum Gasteiger partial charge on any atom is -0.315 e. The predicted molar refractivity (Wildman–Crippen MR) is 63.2 cm³/mol. The second-order valence-electron chi connectivity index (χ2n) is 3.89. The van der Waals surface area contributed by atoms with E-state index in [-0.39, 0.29) is 0 Å². The summed E-state index contributed by atoms with van der Waals surface area (Å²) < 4.78 is -0.428. The molecule has 84 valence electrons. The van der Waals surface area contributed by atoms with Crippen LogP contribution in [0.15, 0.2) is 0 Å². The fourth-order valence-corrected chi connectivity index (χ4v) is 2.07. The molecule has 0 radical (unpaired) electrons. The maximum Gasteiger partial charge on any atom is 0.122 e. The predicted octanol–water partition coefficient (Wildman–Crippen LogP) is 2.11. The monoisotopic (exact) mass is 238 g/mol. The van der Waals surface area contributed by atoms with E-state index in [9.17, 15) is 0 Å². The van der Waals surface area contributed by atoms with Crippen molar-refractivity contribution in [1.29, 1.82) is 0 Å².